The highest BCUT2D eigenvalue weighted by atomic mass is 28.2. The molecule has 2 nitrogen and oxygen atoms in total. The molecule has 0 aromatic carbocycles. The Morgan fingerprint density at radius 3 is 2.67 bits per heavy atom. The molecule has 0 saturated heterocycles. The average molecular weight is 228 g/mol. The van der Waals surface area contributed by atoms with Gasteiger partial charge in [0.25, 0.3) is 0 Å². The SMILES string of the molecule is C[C](CO[SiH3])C(C)CNC1CCCCC1. The largest absolute Gasteiger partial charge is 0.427 e. The van der Waals surface area contributed by atoms with Crippen LogP contribution in [-0.4, -0.2) is 29.7 Å². The maximum absolute atomic E-state index is 5.29. The minimum Gasteiger partial charge on any atom is -0.427 e. The van der Waals surface area contributed by atoms with Gasteiger partial charge in [-0.15, -0.1) is 0 Å². The Balaban J connectivity index is 2.11. The van der Waals surface area contributed by atoms with E-state index in [1.54, 1.807) is 0 Å². The van der Waals surface area contributed by atoms with Crippen molar-refractivity contribution in [2.24, 2.45) is 5.92 Å². The predicted molar refractivity (Wildman–Crippen MR) is 68.8 cm³/mol. The lowest BCUT2D eigenvalue weighted by molar-refractivity contribution is 0.313. The molecule has 1 atom stereocenters. The third-order valence-corrected chi connectivity index (χ3v) is 3.82. The van der Waals surface area contributed by atoms with Crippen molar-refractivity contribution in [3.05, 3.63) is 5.92 Å². The molecule has 1 fully saturated rings. The zero-order chi connectivity index (χ0) is 11.1. The van der Waals surface area contributed by atoms with Crippen LogP contribution in [0.15, 0.2) is 0 Å². The summed E-state index contributed by atoms with van der Waals surface area (Å²) in [4.78, 5) is 0. The van der Waals surface area contributed by atoms with Gasteiger partial charge < -0.3 is 9.74 Å². The van der Waals surface area contributed by atoms with Crippen LogP contribution in [0.3, 0.4) is 0 Å². The van der Waals surface area contributed by atoms with E-state index >= 15 is 0 Å². The summed E-state index contributed by atoms with van der Waals surface area (Å²) in [5.74, 6) is 2.13. The van der Waals surface area contributed by atoms with Crippen molar-refractivity contribution in [3.63, 3.8) is 0 Å². The van der Waals surface area contributed by atoms with E-state index in [2.05, 4.69) is 19.2 Å². The average Bonchev–Trinajstić information content (AvgIpc) is 2.27. The van der Waals surface area contributed by atoms with Gasteiger partial charge in [0.05, 0.1) is 0 Å². The monoisotopic (exact) mass is 228 g/mol. The molecule has 1 N–H and O–H groups in total. The molecule has 1 radical (unpaired) electrons. The molecule has 1 unspecified atom stereocenters. The molecular weight excluding hydrogens is 202 g/mol. The standard InChI is InChI=1S/C12H26NOSi/c1-10(11(2)9-14-15)8-13-12-6-4-3-5-7-12/h10,12-13H,3-9H2,1-2,15H3. The van der Waals surface area contributed by atoms with Gasteiger partial charge in [0, 0.05) is 18.6 Å². The van der Waals surface area contributed by atoms with E-state index in [4.69, 9.17) is 4.43 Å². The van der Waals surface area contributed by atoms with Gasteiger partial charge in [-0.25, -0.2) is 0 Å². The molecule has 1 rings (SSSR count). The molecule has 1 saturated carbocycles. The maximum atomic E-state index is 5.29. The van der Waals surface area contributed by atoms with Gasteiger partial charge in [-0.1, -0.05) is 33.1 Å². The summed E-state index contributed by atoms with van der Waals surface area (Å²) in [6.07, 6.45) is 7.02. The molecule has 0 heterocycles. The highest BCUT2D eigenvalue weighted by molar-refractivity contribution is 5.98. The highest BCUT2D eigenvalue weighted by Gasteiger charge is 2.16. The van der Waals surface area contributed by atoms with Crippen LogP contribution in [0.2, 0.25) is 0 Å². The van der Waals surface area contributed by atoms with Crippen molar-refractivity contribution in [3.8, 4) is 0 Å². The van der Waals surface area contributed by atoms with Crippen LogP contribution in [0.1, 0.15) is 46.0 Å². The van der Waals surface area contributed by atoms with Crippen molar-refractivity contribution in [1.29, 1.82) is 0 Å². The van der Waals surface area contributed by atoms with E-state index in [1.165, 1.54) is 38.0 Å². The van der Waals surface area contributed by atoms with E-state index < -0.39 is 0 Å². The predicted octanol–water partition coefficient (Wildman–Crippen LogP) is 1.44. The molecule has 15 heavy (non-hydrogen) atoms. The number of hydrogen-bond acceptors (Lipinski definition) is 2. The minimum absolute atomic E-state index is 0.654. The zero-order valence-corrected chi connectivity index (χ0v) is 12.5. The summed E-state index contributed by atoms with van der Waals surface area (Å²) in [5, 5.41) is 3.70. The fourth-order valence-corrected chi connectivity index (χ4v) is 2.65. The molecule has 0 bridgehead atoms. The molecule has 0 aliphatic heterocycles. The van der Waals surface area contributed by atoms with E-state index in [0.29, 0.717) is 5.92 Å². The summed E-state index contributed by atoms with van der Waals surface area (Å²) in [5.41, 5.74) is 0. The normalized spacial score (nSPS) is 21.0. The molecular formula is C12H26NOSi. The smallest absolute Gasteiger partial charge is 0.145 e. The van der Waals surface area contributed by atoms with Gasteiger partial charge in [0.15, 0.2) is 0 Å². The van der Waals surface area contributed by atoms with Gasteiger partial charge >= 0.3 is 0 Å². The topological polar surface area (TPSA) is 21.3 Å². The molecule has 0 spiro atoms. The summed E-state index contributed by atoms with van der Waals surface area (Å²) in [7, 11) is 0.853. The Morgan fingerprint density at radius 2 is 2.07 bits per heavy atom. The number of hydrogen-bond donors (Lipinski definition) is 1. The molecule has 1 aliphatic rings. The van der Waals surface area contributed by atoms with Gasteiger partial charge in [-0.3, -0.25) is 0 Å². The number of rotatable bonds is 6. The van der Waals surface area contributed by atoms with Gasteiger partial charge in [0.1, 0.15) is 10.5 Å². The van der Waals surface area contributed by atoms with Crippen molar-refractivity contribution < 1.29 is 4.43 Å². The van der Waals surface area contributed by atoms with Crippen molar-refractivity contribution in [2.45, 2.75) is 52.0 Å². The molecule has 0 aromatic rings. The molecule has 0 aromatic heterocycles. The molecule has 3 heteroatoms. The Bertz CT molecular complexity index is 160. The summed E-state index contributed by atoms with van der Waals surface area (Å²) < 4.78 is 5.29. The van der Waals surface area contributed by atoms with E-state index in [9.17, 15) is 0 Å². The second-order valence-corrected chi connectivity index (χ2v) is 5.50. The quantitative estimate of drug-likeness (QED) is 0.695. The molecule has 89 valence electrons. The second kappa shape index (κ2) is 7.42. The summed E-state index contributed by atoms with van der Waals surface area (Å²) >= 11 is 0. The first-order valence-corrected chi connectivity index (χ1v) is 7.10. The van der Waals surface area contributed by atoms with Crippen LogP contribution in [-0.2, 0) is 4.43 Å². The highest BCUT2D eigenvalue weighted by Crippen LogP contribution is 2.18. The maximum Gasteiger partial charge on any atom is 0.145 e. The van der Waals surface area contributed by atoms with Gasteiger partial charge in [0.2, 0.25) is 0 Å². The van der Waals surface area contributed by atoms with Crippen LogP contribution in [0, 0.1) is 11.8 Å². The minimum atomic E-state index is 0.654. The van der Waals surface area contributed by atoms with Crippen molar-refractivity contribution in [1.82, 2.24) is 5.32 Å². The lowest BCUT2D eigenvalue weighted by Crippen LogP contribution is -2.35. The number of nitrogens with one attached hydrogen (secondary N) is 1. The Hall–Kier alpha value is 0.137. The van der Waals surface area contributed by atoms with Crippen LogP contribution in [0.4, 0.5) is 0 Å². The fourth-order valence-electron chi connectivity index (χ4n) is 2.19. The Kier molecular flexibility index (Phi) is 6.53. The van der Waals surface area contributed by atoms with E-state index in [-0.39, 0.29) is 0 Å². The van der Waals surface area contributed by atoms with Crippen LogP contribution in [0.5, 0.6) is 0 Å². The van der Waals surface area contributed by atoms with E-state index in [1.807, 2.05) is 0 Å². The first-order valence-electron chi connectivity index (χ1n) is 6.28. The summed E-state index contributed by atoms with van der Waals surface area (Å²) in [6, 6.07) is 0.783. The Morgan fingerprint density at radius 1 is 1.40 bits per heavy atom. The zero-order valence-electron chi connectivity index (χ0n) is 10.5. The van der Waals surface area contributed by atoms with Crippen LogP contribution in [0.25, 0.3) is 0 Å². The van der Waals surface area contributed by atoms with E-state index in [0.717, 1.165) is 29.7 Å². The lowest BCUT2D eigenvalue weighted by atomic mass is 9.93. The van der Waals surface area contributed by atoms with Crippen LogP contribution >= 0.6 is 0 Å². The second-order valence-electron chi connectivity index (χ2n) is 4.92. The first kappa shape index (κ1) is 13.2. The fraction of sp³-hybridized carbons (Fsp3) is 0.917. The third-order valence-electron chi connectivity index (χ3n) is 3.53. The summed E-state index contributed by atoms with van der Waals surface area (Å²) in [6.45, 7) is 6.50. The lowest BCUT2D eigenvalue weighted by Gasteiger charge is -2.26. The Labute approximate surface area is 97.7 Å². The first-order chi connectivity index (χ1) is 7.24. The van der Waals surface area contributed by atoms with Crippen molar-refractivity contribution >= 4 is 10.5 Å². The molecule has 0 amide bonds. The third kappa shape index (κ3) is 5.14. The van der Waals surface area contributed by atoms with Crippen molar-refractivity contribution in [2.75, 3.05) is 13.2 Å². The molecule has 1 aliphatic carbocycles. The van der Waals surface area contributed by atoms with Gasteiger partial charge in [-0.2, -0.15) is 0 Å². The van der Waals surface area contributed by atoms with Gasteiger partial charge in [-0.05, 0) is 25.3 Å². The van der Waals surface area contributed by atoms with Crippen LogP contribution < -0.4 is 5.32 Å².